The first-order valence-electron chi connectivity index (χ1n) is 16.1. The normalized spacial score (nSPS) is 19.6. The standard InChI is InChI=1S/C36H38N6O4S/c1-24-19-30(47-31(24)26-9-6-14-37-20-26)35(45)41-16-11-27(29(21-41)25-7-4-3-5-8-25)33(43)40-17-12-36(46,13-18-40)22-42-23-38-32-28(34(42)44)10-15-39(32)2/h3-10,14-15,19-20,23,27,29,46H,11-13,16-18,21-22H2,1-2H3/t27-,29+/m1/s1. The highest BCUT2D eigenvalue weighted by Crippen LogP contribution is 2.38. The first-order valence-corrected chi connectivity index (χ1v) is 16.9. The van der Waals surface area contributed by atoms with Gasteiger partial charge in [-0.1, -0.05) is 36.4 Å². The Morgan fingerprint density at radius 3 is 2.57 bits per heavy atom. The molecule has 0 unspecified atom stereocenters. The fourth-order valence-electron chi connectivity index (χ4n) is 7.14. The van der Waals surface area contributed by atoms with Crippen molar-refractivity contribution in [3.8, 4) is 10.4 Å². The van der Waals surface area contributed by atoms with E-state index in [1.807, 2.05) is 78.5 Å². The molecule has 2 amide bonds. The molecule has 2 saturated heterocycles. The van der Waals surface area contributed by atoms with Gasteiger partial charge < -0.3 is 19.5 Å². The van der Waals surface area contributed by atoms with Gasteiger partial charge in [0, 0.05) is 74.1 Å². The third-order valence-corrected chi connectivity index (χ3v) is 11.1. The maximum Gasteiger partial charge on any atom is 0.263 e. The number of aryl methyl sites for hydroxylation is 2. The van der Waals surface area contributed by atoms with Crippen molar-refractivity contribution in [3.63, 3.8) is 0 Å². The van der Waals surface area contributed by atoms with E-state index in [1.165, 1.54) is 22.2 Å². The molecule has 10 nitrogen and oxygen atoms in total. The Morgan fingerprint density at radius 1 is 1.04 bits per heavy atom. The van der Waals surface area contributed by atoms with Crippen molar-refractivity contribution < 1.29 is 14.7 Å². The Labute approximate surface area is 276 Å². The van der Waals surface area contributed by atoms with Gasteiger partial charge in [0.05, 0.1) is 22.4 Å². The van der Waals surface area contributed by atoms with Crippen LogP contribution in [0, 0.1) is 12.8 Å². The zero-order valence-corrected chi connectivity index (χ0v) is 27.4. The zero-order valence-electron chi connectivity index (χ0n) is 26.6. The summed E-state index contributed by atoms with van der Waals surface area (Å²) in [5.41, 5.74) is 2.39. The molecule has 0 spiro atoms. The van der Waals surface area contributed by atoms with Gasteiger partial charge in [0.25, 0.3) is 11.5 Å². The van der Waals surface area contributed by atoms with Crippen LogP contribution in [-0.4, -0.2) is 77.6 Å². The number of aliphatic hydroxyl groups is 1. The van der Waals surface area contributed by atoms with E-state index >= 15 is 0 Å². The molecule has 0 bridgehead atoms. The van der Waals surface area contributed by atoms with Gasteiger partial charge in [0.1, 0.15) is 12.0 Å². The van der Waals surface area contributed by atoms with Crippen LogP contribution in [0.3, 0.4) is 0 Å². The number of piperidine rings is 2. The number of likely N-dealkylation sites (tertiary alicyclic amines) is 2. The maximum absolute atomic E-state index is 14.1. The molecule has 7 rings (SSSR count). The number of hydrogen-bond donors (Lipinski definition) is 1. The summed E-state index contributed by atoms with van der Waals surface area (Å²) in [4.78, 5) is 55.2. The molecule has 47 heavy (non-hydrogen) atoms. The fourth-order valence-corrected chi connectivity index (χ4v) is 8.27. The number of nitrogens with zero attached hydrogens (tertiary/aromatic N) is 6. The number of benzene rings is 1. The number of amides is 2. The van der Waals surface area contributed by atoms with E-state index in [2.05, 4.69) is 9.97 Å². The number of hydrogen-bond acceptors (Lipinski definition) is 7. The number of aromatic nitrogens is 4. The number of rotatable bonds is 6. The third-order valence-electron chi connectivity index (χ3n) is 9.82. The molecule has 5 aromatic rings. The van der Waals surface area contributed by atoms with Gasteiger partial charge >= 0.3 is 0 Å². The Hall–Kier alpha value is -4.61. The average Bonchev–Trinajstić information content (AvgIpc) is 3.68. The predicted molar refractivity (Wildman–Crippen MR) is 181 cm³/mol. The lowest BCUT2D eigenvalue weighted by molar-refractivity contribution is -0.142. The average molecular weight is 651 g/mol. The minimum absolute atomic E-state index is 0.0125. The number of thiophene rings is 1. The van der Waals surface area contributed by atoms with Crippen LogP contribution in [0.15, 0.2) is 84.3 Å². The van der Waals surface area contributed by atoms with Crippen LogP contribution < -0.4 is 5.56 Å². The first kappa shape index (κ1) is 31.0. The smallest absolute Gasteiger partial charge is 0.263 e. The van der Waals surface area contributed by atoms with Gasteiger partial charge in [-0.25, -0.2) is 4.98 Å². The van der Waals surface area contributed by atoms with Crippen LogP contribution in [0.4, 0.5) is 0 Å². The van der Waals surface area contributed by atoms with Gasteiger partial charge in [-0.2, -0.15) is 0 Å². The molecular weight excluding hydrogens is 613 g/mol. The van der Waals surface area contributed by atoms with Crippen molar-refractivity contribution in [3.05, 3.63) is 106 Å². The molecule has 2 aliphatic rings. The highest BCUT2D eigenvalue weighted by Gasteiger charge is 2.42. The van der Waals surface area contributed by atoms with Crippen molar-refractivity contribution in [2.45, 2.75) is 44.2 Å². The molecule has 6 heterocycles. The van der Waals surface area contributed by atoms with Gasteiger partial charge in [0.15, 0.2) is 0 Å². The van der Waals surface area contributed by atoms with E-state index in [-0.39, 0.29) is 35.8 Å². The summed E-state index contributed by atoms with van der Waals surface area (Å²) in [5, 5.41) is 12.0. The number of carbonyl (C=O) groups is 2. The second-order valence-corrected chi connectivity index (χ2v) is 14.0. The molecule has 1 N–H and O–H groups in total. The van der Waals surface area contributed by atoms with E-state index in [9.17, 15) is 19.5 Å². The van der Waals surface area contributed by atoms with Crippen LogP contribution in [0.25, 0.3) is 21.5 Å². The van der Waals surface area contributed by atoms with Crippen LogP contribution >= 0.6 is 11.3 Å². The van der Waals surface area contributed by atoms with Gasteiger partial charge in [-0.3, -0.25) is 23.9 Å². The minimum atomic E-state index is -1.12. The summed E-state index contributed by atoms with van der Waals surface area (Å²) in [6.45, 7) is 3.89. The van der Waals surface area contributed by atoms with Crippen LogP contribution in [0.5, 0.6) is 0 Å². The third kappa shape index (κ3) is 6.01. The summed E-state index contributed by atoms with van der Waals surface area (Å²) < 4.78 is 3.28. The number of pyridine rings is 1. The number of carbonyl (C=O) groups excluding carboxylic acids is 2. The molecule has 2 fully saturated rings. The lowest BCUT2D eigenvalue weighted by Gasteiger charge is -2.43. The van der Waals surface area contributed by atoms with Crippen LogP contribution in [0.2, 0.25) is 0 Å². The van der Waals surface area contributed by atoms with Gasteiger partial charge in [0.2, 0.25) is 5.91 Å². The molecule has 2 atom stereocenters. The SMILES string of the molecule is Cc1cc(C(=O)N2CC[C@@H](C(=O)N3CCC(O)(Cn4cnc5c(ccn5C)c4=O)CC3)[C@H](c3ccccc3)C2)sc1-c1cccnc1. The Bertz CT molecular complexity index is 1980. The Balaban J connectivity index is 1.05. The van der Waals surface area contributed by atoms with E-state index in [0.717, 1.165) is 21.6 Å². The van der Waals surface area contributed by atoms with Crippen molar-refractivity contribution in [2.75, 3.05) is 26.2 Å². The minimum Gasteiger partial charge on any atom is -0.388 e. The van der Waals surface area contributed by atoms with E-state index < -0.39 is 5.60 Å². The highest BCUT2D eigenvalue weighted by molar-refractivity contribution is 7.17. The fraction of sp³-hybridized carbons (Fsp3) is 0.361. The van der Waals surface area contributed by atoms with E-state index in [1.54, 1.807) is 23.0 Å². The molecule has 0 aliphatic carbocycles. The second-order valence-electron chi connectivity index (χ2n) is 12.9. The van der Waals surface area contributed by atoms with Gasteiger partial charge in [-0.05, 0) is 55.5 Å². The molecule has 1 aromatic carbocycles. The lowest BCUT2D eigenvalue weighted by atomic mass is 9.79. The van der Waals surface area contributed by atoms with Crippen molar-refractivity contribution in [2.24, 2.45) is 13.0 Å². The summed E-state index contributed by atoms with van der Waals surface area (Å²) in [7, 11) is 1.84. The molecular formula is C36H38N6O4S. The molecule has 4 aromatic heterocycles. The summed E-state index contributed by atoms with van der Waals surface area (Å²) in [6.07, 6.45) is 8.14. The molecule has 0 saturated carbocycles. The lowest BCUT2D eigenvalue weighted by Crippen LogP contribution is -2.53. The number of fused-ring (bicyclic) bond motifs is 1. The van der Waals surface area contributed by atoms with Crippen LogP contribution in [-0.2, 0) is 18.4 Å². The summed E-state index contributed by atoms with van der Waals surface area (Å²) in [5.74, 6) is -0.385. The van der Waals surface area contributed by atoms with E-state index in [0.29, 0.717) is 61.4 Å². The zero-order chi connectivity index (χ0) is 32.7. The van der Waals surface area contributed by atoms with Crippen LogP contribution in [0.1, 0.15) is 46.0 Å². The quantitative estimate of drug-likeness (QED) is 0.290. The molecule has 11 heteroatoms. The van der Waals surface area contributed by atoms with Crippen molar-refractivity contribution in [1.82, 2.24) is 28.9 Å². The maximum atomic E-state index is 14.1. The summed E-state index contributed by atoms with van der Waals surface area (Å²) >= 11 is 1.49. The van der Waals surface area contributed by atoms with E-state index in [4.69, 9.17) is 0 Å². The van der Waals surface area contributed by atoms with Crippen molar-refractivity contribution >= 4 is 34.2 Å². The predicted octanol–water partition coefficient (Wildman–Crippen LogP) is 4.47. The monoisotopic (exact) mass is 650 g/mol. The Morgan fingerprint density at radius 2 is 1.83 bits per heavy atom. The molecule has 2 aliphatic heterocycles. The highest BCUT2D eigenvalue weighted by atomic mass is 32.1. The first-order chi connectivity index (χ1) is 22.7. The summed E-state index contributed by atoms with van der Waals surface area (Å²) in [6, 6.07) is 17.6. The molecule has 242 valence electrons. The largest absolute Gasteiger partial charge is 0.388 e. The topological polar surface area (TPSA) is 114 Å². The van der Waals surface area contributed by atoms with Crippen molar-refractivity contribution in [1.29, 1.82) is 0 Å². The Kier molecular flexibility index (Phi) is 8.27. The second kappa shape index (κ2) is 12.5. The molecule has 0 radical (unpaired) electrons. The van der Waals surface area contributed by atoms with Gasteiger partial charge in [-0.15, -0.1) is 11.3 Å².